The summed E-state index contributed by atoms with van der Waals surface area (Å²) in [7, 11) is 1.79. The molecule has 0 aliphatic heterocycles. The van der Waals surface area contributed by atoms with E-state index in [0.29, 0.717) is 25.1 Å². The van der Waals surface area contributed by atoms with Crippen molar-refractivity contribution in [3.8, 4) is 5.88 Å². The van der Waals surface area contributed by atoms with Crippen LogP contribution in [0.1, 0.15) is 57.4 Å². The third-order valence-electron chi connectivity index (χ3n) is 4.45. The van der Waals surface area contributed by atoms with Crippen molar-refractivity contribution in [2.24, 2.45) is 4.99 Å². The predicted octanol–water partition coefficient (Wildman–Crippen LogP) is 3.27. The van der Waals surface area contributed by atoms with Crippen LogP contribution in [0.4, 0.5) is 0 Å². The summed E-state index contributed by atoms with van der Waals surface area (Å²) >= 11 is 0. The third kappa shape index (κ3) is 8.04. The number of guanidine groups is 1. The second kappa shape index (κ2) is 12.5. The van der Waals surface area contributed by atoms with Gasteiger partial charge in [-0.05, 0) is 31.2 Å². The molecule has 6 heteroatoms. The first kappa shape index (κ1) is 20.5. The molecule has 26 heavy (non-hydrogen) atoms. The topological polar surface area (TPSA) is 67.8 Å². The lowest BCUT2D eigenvalue weighted by molar-refractivity contribution is 0.0277. The number of pyridine rings is 1. The van der Waals surface area contributed by atoms with Gasteiger partial charge in [-0.1, -0.05) is 32.3 Å². The van der Waals surface area contributed by atoms with Crippen LogP contribution in [0.25, 0.3) is 0 Å². The second-order valence-corrected chi connectivity index (χ2v) is 6.69. The van der Waals surface area contributed by atoms with Crippen molar-refractivity contribution in [3.63, 3.8) is 0 Å². The first-order valence-electron chi connectivity index (χ1n) is 9.95. The maximum Gasteiger partial charge on any atom is 0.213 e. The Morgan fingerprint density at radius 1 is 1.19 bits per heavy atom. The fourth-order valence-electron chi connectivity index (χ4n) is 2.97. The standard InChI is InChI=1S/C20H34N4O2/c1-3-13-26-19-11-10-17(15-23-19)16-24-20(21-2)22-12-7-14-25-18-8-5-4-6-9-18/h10-11,15,18H,3-9,12-14,16H2,1-2H3,(H2,21,22,24). The highest BCUT2D eigenvalue weighted by molar-refractivity contribution is 5.79. The van der Waals surface area contributed by atoms with E-state index in [1.165, 1.54) is 32.1 Å². The third-order valence-corrected chi connectivity index (χ3v) is 4.45. The quantitative estimate of drug-likeness (QED) is 0.380. The maximum atomic E-state index is 5.95. The van der Waals surface area contributed by atoms with E-state index in [0.717, 1.165) is 37.5 Å². The van der Waals surface area contributed by atoms with Crippen molar-refractivity contribution in [1.82, 2.24) is 15.6 Å². The molecule has 6 nitrogen and oxygen atoms in total. The van der Waals surface area contributed by atoms with Gasteiger partial charge in [0.1, 0.15) is 0 Å². The number of hydrogen-bond acceptors (Lipinski definition) is 4. The van der Waals surface area contributed by atoms with Gasteiger partial charge in [-0.2, -0.15) is 0 Å². The van der Waals surface area contributed by atoms with Crippen molar-refractivity contribution in [1.29, 1.82) is 0 Å². The van der Waals surface area contributed by atoms with Crippen molar-refractivity contribution in [2.45, 2.75) is 64.5 Å². The number of nitrogens with zero attached hydrogens (tertiary/aromatic N) is 2. The molecule has 1 saturated carbocycles. The van der Waals surface area contributed by atoms with Crippen LogP contribution >= 0.6 is 0 Å². The van der Waals surface area contributed by atoms with Gasteiger partial charge in [0, 0.05) is 39.0 Å². The molecular weight excluding hydrogens is 328 g/mol. The zero-order valence-corrected chi connectivity index (χ0v) is 16.3. The Morgan fingerprint density at radius 3 is 2.73 bits per heavy atom. The molecule has 146 valence electrons. The van der Waals surface area contributed by atoms with Gasteiger partial charge in [0.05, 0.1) is 12.7 Å². The Bertz CT molecular complexity index is 513. The number of aliphatic imine (C=N–C) groups is 1. The fourth-order valence-corrected chi connectivity index (χ4v) is 2.97. The number of rotatable bonds is 10. The van der Waals surface area contributed by atoms with Crippen LogP contribution in [-0.2, 0) is 11.3 Å². The van der Waals surface area contributed by atoms with Crippen LogP contribution in [-0.4, -0.2) is 43.9 Å². The molecule has 2 N–H and O–H groups in total. The van der Waals surface area contributed by atoms with Crippen molar-refractivity contribution in [3.05, 3.63) is 23.9 Å². The Hall–Kier alpha value is -1.82. The van der Waals surface area contributed by atoms with E-state index in [-0.39, 0.29) is 0 Å². The summed E-state index contributed by atoms with van der Waals surface area (Å²) in [6.07, 6.45) is 10.8. The Balaban J connectivity index is 1.58. The molecule has 1 fully saturated rings. The van der Waals surface area contributed by atoms with Crippen LogP contribution in [0.5, 0.6) is 5.88 Å². The van der Waals surface area contributed by atoms with E-state index in [1.807, 2.05) is 18.3 Å². The number of aromatic nitrogens is 1. The Morgan fingerprint density at radius 2 is 2.04 bits per heavy atom. The Kier molecular flexibility index (Phi) is 9.87. The minimum Gasteiger partial charge on any atom is -0.478 e. The van der Waals surface area contributed by atoms with Gasteiger partial charge in [-0.15, -0.1) is 0 Å². The lowest BCUT2D eigenvalue weighted by Crippen LogP contribution is -2.37. The average molecular weight is 363 g/mol. The van der Waals surface area contributed by atoms with Gasteiger partial charge in [0.15, 0.2) is 5.96 Å². The highest BCUT2D eigenvalue weighted by Crippen LogP contribution is 2.20. The van der Waals surface area contributed by atoms with Crippen molar-refractivity contribution >= 4 is 5.96 Å². The zero-order chi connectivity index (χ0) is 18.5. The van der Waals surface area contributed by atoms with Gasteiger partial charge in [-0.25, -0.2) is 4.98 Å². The van der Waals surface area contributed by atoms with E-state index >= 15 is 0 Å². The largest absolute Gasteiger partial charge is 0.478 e. The van der Waals surface area contributed by atoms with E-state index in [4.69, 9.17) is 9.47 Å². The SMILES string of the molecule is CCCOc1ccc(CNC(=NC)NCCCOC2CCCCC2)cn1. The van der Waals surface area contributed by atoms with Crippen LogP contribution in [0.2, 0.25) is 0 Å². The molecule has 1 aliphatic rings. The summed E-state index contributed by atoms with van der Waals surface area (Å²) in [6.45, 7) is 5.14. The van der Waals surface area contributed by atoms with Gasteiger partial charge in [0.2, 0.25) is 5.88 Å². The number of ether oxygens (including phenoxy) is 2. The molecule has 2 rings (SSSR count). The summed E-state index contributed by atoms with van der Waals surface area (Å²) in [4.78, 5) is 8.57. The number of nitrogens with one attached hydrogen (secondary N) is 2. The highest BCUT2D eigenvalue weighted by Gasteiger charge is 2.12. The molecule has 1 heterocycles. The van der Waals surface area contributed by atoms with Crippen LogP contribution in [0.15, 0.2) is 23.3 Å². The first-order valence-corrected chi connectivity index (χ1v) is 9.95. The van der Waals surface area contributed by atoms with E-state index in [9.17, 15) is 0 Å². The van der Waals surface area contributed by atoms with Crippen molar-refractivity contribution < 1.29 is 9.47 Å². The monoisotopic (exact) mass is 362 g/mol. The van der Waals surface area contributed by atoms with Crippen molar-refractivity contribution in [2.75, 3.05) is 26.8 Å². The lowest BCUT2D eigenvalue weighted by Gasteiger charge is -2.22. The molecule has 0 unspecified atom stereocenters. The van der Waals surface area contributed by atoms with Crippen LogP contribution in [0, 0.1) is 0 Å². The average Bonchev–Trinajstić information content (AvgIpc) is 2.70. The molecule has 1 aromatic heterocycles. The molecule has 1 aromatic rings. The molecule has 1 aliphatic carbocycles. The predicted molar refractivity (Wildman–Crippen MR) is 106 cm³/mol. The second-order valence-electron chi connectivity index (χ2n) is 6.69. The molecule has 0 amide bonds. The minimum absolute atomic E-state index is 0.484. The molecule has 0 radical (unpaired) electrons. The highest BCUT2D eigenvalue weighted by atomic mass is 16.5. The normalized spacial score (nSPS) is 15.7. The molecular formula is C20H34N4O2. The molecule has 0 atom stereocenters. The van der Waals surface area contributed by atoms with Gasteiger partial charge >= 0.3 is 0 Å². The maximum absolute atomic E-state index is 5.95. The van der Waals surface area contributed by atoms with E-state index < -0.39 is 0 Å². The van der Waals surface area contributed by atoms with Gasteiger partial charge in [-0.3, -0.25) is 4.99 Å². The first-order chi connectivity index (χ1) is 12.8. The Labute approximate surface area is 157 Å². The van der Waals surface area contributed by atoms with E-state index in [1.54, 1.807) is 7.05 Å². The summed E-state index contributed by atoms with van der Waals surface area (Å²) in [5.41, 5.74) is 1.09. The lowest BCUT2D eigenvalue weighted by atomic mass is 9.98. The van der Waals surface area contributed by atoms with Gasteiger partial charge < -0.3 is 20.1 Å². The van der Waals surface area contributed by atoms with Gasteiger partial charge in [0.25, 0.3) is 0 Å². The molecule has 0 spiro atoms. The summed E-state index contributed by atoms with van der Waals surface area (Å²) in [5.74, 6) is 1.48. The fraction of sp³-hybridized carbons (Fsp3) is 0.700. The molecule has 0 bridgehead atoms. The van der Waals surface area contributed by atoms with E-state index in [2.05, 4.69) is 27.5 Å². The molecule has 0 aromatic carbocycles. The zero-order valence-electron chi connectivity index (χ0n) is 16.3. The molecule has 0 saturated heterocycles. The smallest absolute Gasteiger partial charge is 0.213 e. The summed E-state index contributed by atoms with van der Waals surface area (Å²) < 4.78 is 11.4. The minimum atomic E-state index is 0.484. The van der Waals surface area contributed by atoms with Crippen LogP contribution < -0.4 is 15.4 Å². The number of hydrogen-bond donors (Lipinski definition) is 2. The summed E-state index contributed by atoms with van der Waals surface area (Å²) in [5, 5.41) is 6.64. The van der Waals surface area contributed by atoms with Crippen LogP contribution in [0.3, 0.4) is 0 Å². The summed E-state index contributed by atoms with van der Waals surface area (Å²) in [6, 6.07) is 3.93.